The molecular weight excluding hydrogens is 240 g/mol. The number of aromatic nitrogens is 2. The molecule has 0 aliphatic heterocycles. The molecule has 1 unspecified atom stereocenters. The Morgan fingerprint density at radius 1 is 1.47 bits per heavy atom. The number of carbonyl (C=O) groups is 1. The molecule has 1 heterocycles. The third-order valence-corrected chi connectivity index (χ3v) is 3.22. The summed E-state index contributed by atoms with van der Waals surface area (Å²) in [7, 11) is 1.24. The maximum absolute atomic E-state index is 11.3. The zero-order valence-electron chi connectivity index (χ0n) is 10.4. The molecule has 0 aliphatic rings. The quantitative estimate of drug-likeness (QED) is 0.494. The summed E-state index contributed by atoms with van der Waals surface area (Å²) in [5.41, 5.74) is 0.191. The molecule has 0 fully saturated rings. The molecule has 1 N–H and O–H groups in total. The van der Waals surface area contributed by atoms with Crippen molar-refractivity contribution in [2.75, 3.05) is 12.9 Å². The molecule has 0 spiro atoms. The second-order valence-corrected chi connectivity index (χ2v) is 4.93. The van der Waals surface area contributed by atoms with E-state index in [1.165, 1.54) is 25.8 Å². The maximum Gasteiger partial charge on any atom is 0.338 e. The van der Waals surface area contributed by atoms with Gasteiger partial charge >= 0.3 is 5.97 Å². The van der Waals surface area contributed by atoms with Crippen LogP contribution in [0.15, 0.2) is 11.2 Å². The molecule has 0 saturated heterocycles. The highest BCUT2D eigenvalue weighted by Crippen LogP contribution is 2.20. The van der Waals surface area contributed by atoms with Crippen molar-refractivity contribution in [2.45, 2.75) is 31.5 Å². The lowest BCUT2D eigenvalue weighted by atomic mass is 10.1. The van der Waals surface area contributed by atoms with Gasteiger partial charge in [-0.15, -0.1) is 0 Å². The molecule has 1 aromatic rings. The van der Waals surface area contributed by atoms with Crippen molar-refractivity contribution in [1.82, 2.24) is 9.97 Å². The van der Waals surface area contributed by atoms with Crippen LogP contribution in [0.3, 0.4) is 0 Å². The van der Waals surface area contributed by atoms with Crippen LogP contribution in [0.4, 0.5) is 0 Å². The fourth-order valence-corrected chi connectivity index (χ4v) is 2.19. The van der Waals surface area contributed by atoms with Crippen molar-refractivity contribution in [3.05, 3.63) is 17.5 Å². The fourth-order valence-electron chi connectivity index (χ4n) is 1.24. The standard InChI is InChI=1S/C11H16N2O3S/c1-7-5-8(2)13-10(12-7)17-6-11(3,15)9(14)16-4/h5,15H,6H2,1-4H3. The largest absolute Gasteiger partial charge is 0.467 e. The SMILES string of the molecule is COC(=O)C(C)(O)CSc1nc(C)cc(C)n1. The van der Waals surface area contributed by atoms with Gasteiger partial charge in [0.05, 0.1) is 7.11 Å². The minimum atomic E-state index is -1.53. The van der Waals surface area contributed by atoms with Gasteiger partial charge in [0.2, 0.25) is 0 Å². The molecule has 0 saturated carbocycles. The summed E-state index contributed by atoms with van der Waals surface area (Å²) >= 11 is 1.23. The van der Waals surface area contributed by atoms with Gasteiger partial charge in [-0.3, -0.25) is 0 Å². The molecule has 6 heteroatoms. The molecule has 1 atom stereocenters. The lowest BCUT2D eigenvalue weighted by Crippen LogP contribution is -2.38. The predicted molar refractivity (Wildman–Crippen MR) is 64.9 cm³/mol. The summed E-state index contributed by atoms with van der Waals surface area (Å²) in [4.78, 5) is 19.7. The third-order valence-electron chi connectivity index (χ3n) is 2.07. The average molecular weight is 256 g/mol. The minimum absolute atomic E-state index is 0.155. The number of aryl methyl sites for hydroxylation is 2. The number of hydrogen-bond acceptors (Lipinski definition) is 6. The smallest absolute Gasteiger partial charge is 0.338 e. The van der Waals surface area contributed by atoms with Crippen LogP contribution < -0.4 is 0 Å². The van der Waals surface area contributed by atoms with Crippen LogP contribution in [0.25, 0.3) is 0 Å². The van der Waals surface area contributed by atoms with Crippen molar-refractivity contribution in [2.24, 2.45) is 0 Å². The first-order valence-electron chi connectivity index (χ1n) is 5.11. The van der Waals surface area contributed by atoms with E-state index in [1.807, 2.05) is 19.9 Å². The van der Waals surface area contributed by atoms with Crippen molar-refractivity contribution in [1.29, 1.82) is 0 Å². The Morgan fingerprint density at radius 3 is 2.47 bits per heavy atom. The second-order valence-electron chi connectivity index (χ2n) is 3.99. The summed E-state index contributed by atoms with van der Waals surface area (Å²) in [6.07, 6.45) is 0. The Bertz CT molecular complexity index is 401. The van der Waals surface area contributed by atoms with Gasteiger partial charge < -0.3 is 9.84 Å². The van der Waals surface area contributed by atoms with Gasteiger partial charge in [0.25, 0.3) is 0 Å². The summed E-state index contributed by atoms with van der Waals surface area (Å²) in [5, 5.41) is 10.4. The molecule has 0 bridgehead atoms. The molecule has 0 radical (unpaired) electrons. The van der Waals surface area contributed by atoms with Crippen molar-refractivity contribution >= 4 is 17.7 Å². The third kappa shape index (κ3) is 3.98. The maximum atomic E-state index is 11.3. The normalized spacial score (nSPS) is 14.2. The first-order chi connectivity index (χ1) is 7.85. The summed E-state index contributed by atoms with van der Waals surface area (Å²) in [6, 6.07) is 1.86. The predicted octanol–water partition coefficient (Wildman–Crippen LogP) is 1.11. The molecule has 0 aliphatic carbocycles. The number of ether oxygens (including phenoxy) is 1. The van der Waals surface area contributed by atoms with Crippen molar-refractivity contribution in [3.63, 3.8) is 0 Å². The number of rotatable bonds is 4. The van der Waals surface area contributed by atoms with Crippen LogP contribution in [0.5, 0.6) is 0 Å². The van der Waals surface area contributed by atoms with Crippen LogP contribution in [0, 0.1) is 13.8 Å². The van der Waals surface area contributed by atoms with Crippen molar-refractivity contribution in [3.8, 4) is 0 Å². The first kappa shape index (κ1) is 13.9. The van der Waals surface area contributed by atoms with Gasteiger partial charge in [-0.2, -0.15) is 0 Å². The number of aliphatic hydroxyl groups is 1. The minimum Gasteiger partial charge on any atom is -0.467 e. The van der Waals surface area contributed by atoms with Crippen LogP contribution in [-0.4, -0.2) is 39.5 Å². The molecule has 0 aromatic carbocycles. The van der Waals surface area contributed by atoms with Gasteiger partial charge in [0.1, 0.15) is 0 Å². The van der Waals surface area contributed by atoms with E-state index in [0.717, 1.165) is 11.4 Å². The van der Waals surface area contributed by atoms with Crippen LogP contribution in [-0.2, 0) is 9.53 Å². The zero-order chi connectivity index (χ0) is 13.1. The highest BCUT2D eigenvalue weighted by atomic mass is 32.2. The molecular formula is C11H16N2O3S. The van der Waals surface area contributed by atoms with Gasteiger partial charge in [-0.05, 0) is 26.8 Å². The number of nitrogens with zero attached hydrogens (tertiary/aromatic N) is 2. The Morgan fingerprint density at radius 2 is 2.00 bits per heavy atom. The molecule has 0 amide bonds. The number of thioether (sulfide) groups is 1. The lowest BCUT2D eigenvalue weighted by molar-refractivity contribution is -0.158. The Kier molecular flexibility index (Phi) is 4.47. The second kappa shape index (κ2) is 5.46. The summed E-state index contributed by atoms with van der Waals surface area (Å²) in [6.45, 7) is 5.16. The van der Waals surface area contributed by atoms with Gasteiger partial charge in [-0.1, -0.05) is 11.8 Å². The monoisotopic (exact) mass is 256 g/mol. The molecule has 5 nitrogen and oxygen atoms in total. The van der Waals surface area contributed by atoms with Crippen LogP contribution in [0.1, 0.15) is 18.3 Å². The van der Waals surface area contributed by atoms with Crippen molar-refractivity contribution < 1.29 is 14.6 Å². The van der Waals surface area contributed by atoms with E-state index >= 15 is 0 Å². The van der Waals surface area contributed by atoms with E-state index in [9.17, 15) is 9.90 Å². The van der Waals surface area contributed by atoms with E-state index in [-0.39, 0.29) is 5.75 Å². The van der Waals surface area contributed by atoms with Gasteiger partial charge in [-0.25, -0.2) is 14.8 Å². The Balaban J connectivity index is 2.70. The van der Waals surface area contributed by atoms with Gasteiger partial charge in [0, 0.05) is 17.1 Å². The average Bonchev–Trinajstić information content (AvgIpc) is 2.24. The van der Waals surface area contributed by atoms with Gasteiger partial charge in [0.15, 0.2) is 10.8 Å². The molecule has 1 aromatic heterocycles. The Hall–Kier alpha value is -1.14. The number of hydrogen-bond donors (Lipinski definition) is 1. The van der Waals surface area contributed by atoms with Crippen LogP contribution in [0.2, 0.25) is 0 Å². The van der Waals surface area contributed by atoms with Crippen LogP contribution >= 0.6 is 11.8 Å². The molecule has 17 heavy (non-hydrogen) atoms. The zero-order valence-corrected chi connectivity index (χ0v) is 11.2. The summed E-state index contributed by atoms with van der Waals surface area (Å²) in [5.74, 6) is -0.503. The summed E-state index contributed by atoms with van der Waals surface area (Å²) < 4.78 is 4.51. The molecule has 94 valence electrons. The lowest BCUT2D eigenvalue weighted by Gasteiger charge is -2.18. The highest BCUT2D eigenvalue weighted by Gasteiger charge is 2.31. The number of carbonyl (C=O) groups excluding carboxylic acids is 1. The molecule has 1 rings (SSSR count). The fraction of sp³-hybridized carbons (Fsp3) is 0.545. The van der Waals surface area contributed by atoms with E-state index in [1.54, 1.807) is 0 Å². The number of esters is 1. The Labute approximate surface area is 105 Å². The highest BCUT2D eigenvalue weighted by molar-refractivity contribution is 7.99. The van der Waals surface area contributed by atoms with E-state index in [2.05, 4.69) is 14.7 Å². The van der Waals surface area contributed by atoms with E-state index in [4.69, 9.17) is 0 Å². The number of methoxy groups -OCH3 is 1. The topological polar surface area (TPSA) is 72.3 Å². The van der Waals surface area contributed by atoms with E-state index < -0.39 is 11.6 Å². The van der Waals surface area contributed by atoms with E-state index in [0.29, 0.717) is 5.16 Å². The first-order valence-corrected chi connectivity index (χ1v) is 6.09.